The molecule has 0 unspecified atom stereocenters. The van der Waals surface area contributed by atoms with Crippen molar-refractivity contribution < 1.29 is 9.53 Å². The van der Waals surface area contributed by atoms with Gasteiger partial charge in [-0.15, -0.1) is 6.58 Å². The fourth-order valence-corrected chi connectivity index (χ4v) is 2.30. The molecule has 1 aromatic rings. The molecule has 18 heavy (non-hydrogen) atoms. The predicted octanol–water partition coefficient (Wildman–Crippen LogP) is 2.38. The second kappa shape index (κ2) is 6.36. The standard InChI is InChI=1S/C15H19NO2/c1-2-10-16-11-6-9-14(16)15(17)18-12-13-7-4-3-5-8-13/h2-5,7-8,14H,1,6,9-12H2/t14-/m0/s1. The third kappa shape index (κ3) is 3.20. The predicted molar refractivity (Wildman–Crippen MR) is 71.0 cm³/mol. The van der Waals surface area contributed by atoms with E-state index in [1.807, 2.05) is 36.4 Å². The largest absolute Gasteiger partial charge is 0.460 e. The van der Waals surface area contributed by atoms with E-state index in [4.69, 9.17) is 4.74 Å². The van der Waals surface area contributed by atoms with Crippen LogP contribution in [0.4, 0.5) is 0 Å². The average molecular weight is 245 g/mol. The van der Waals surface area contributed by atoms with Crippen LogP contribution in [-0.4, -0.2) is 30.0 Å². The highest BCUT2D eigenvalue weighted by atomic mass is 16.5. The molecule has 3 nitrogen and oxygen atoms in total. The second-order valence-electron chi connectivity index (χ2n) is 4.53. The van der Waals surface area contributed by atoms with Crippen LogP contribution in [-0.2, 0) is 16.1 Å². The minimum absolute atomic E-state index is 0.0910. The number of hydrogen-bond acceptors (Lipinski definition) is 3. The molecule has 1 aliphatic heterocycles. The molecule has 0 spiro atoms. The van der Waals surface area contributed by atoms with E-state index in [-0.39, 0.29) is 12.0 Å². The van der Waals surface area contributed by atoms with Gasteiger partial charge in [-0.3, -0.25) is 9.69 Å². The topological polar surface area (TPSA) is 29.5 Å². The summed E-state index contributed by atoms with van der Waals surface area (Å²) in [6.45, 7) is 5.79. The summed E-state index contributed by atoms with van der Waals surface area (Å²) in [6.07, 6.45) is 3.78. The molecule has 0 amide bonds. The Morgan fingerprint density at radius 3 is 2.94 bits per heavy atom. The van der Waals surface area contributed by atoms with Crippen molar-refractivity contribution in [3.8, 4) is 0 Å². The minimum Gasteiger partial charge on any atom is -0.460 e. The number of carbonyl (C=O) groups is 1. The molecular weight excluding hydrogens is 226 g/mol. The molecule has 3 heteroatoms. The summed E-state index contributed by atoms with van der Waals surface area (Å²) < 4.78 is 5.37. The molecule has 2 rings (SSSR count). The molecular formula is C15H19NO2. The first kappa shape index (κ1) is 12.8. The first-order valence-corrected chi connectivity index (χ1v) is 6.37. The molecule has 0 aromatic heterocycles. The van der Waals surface area contributed by atoms with Crippen LogP contribution in [0.3, 0.4) is 0 Å². The monoisotopic (exact) mass is 245 g/mol. The second-order valence-corrected chi connectivity index (χ2v) is 4.53. The van der Waals surface area contributed by atoms with E-state index in [0.29, 0.717) is 6.61 Å². The third-order valence-corrected chi connectivity index (χ3v) is 3.22. The molecule has 0 N–H and O–H groups in total. The number of rotatable bonds is 5. The number of hydrogen-bond donors (Lipinski definition) is 0. The number of ether oxygens (including phenoxy) is 1. The third-order valence-electron chi connectivity index (χ3n) is 3.22. The Morgan fingerprint density at radius 2 is 2.22 bits per heavy atom. The number of benzene rings is 1. The quantitative estimate of drug-likeness (QED) is 0.589. The Labute approximate surface area is 108 Å². The number of nitrogens with zero attached hydrogens (tertiary/aromatic N) is 1. The first-order valence-electron chi connectivity index (χ1n) is 6.37. The Morgan fingerprint density at radius 1 is 1.44 bits per heavy atom. The lowest BCUT2D eigenvalue weighted by atomic mass is 10.2. The van der Waals surface area contributed by atoms with Gasteiger partial charge in [0.25, 0.3) is 0 Å². The molecule has 1 atom stereocenters. The summed E-state index contributed by atoms with van der Waals surface area (Å²) >= 11 is 0. The maximum Gasteiger partial charge on any atom is 0.323 e. The Balaban J connectivity index is 1.86. The van der Waals surface area contributed by atoms with Gasteiger partial charge >= 0.3 is 5.97 Å². The van der Waals surface area contributed by atoms with Crippen LogP contribution in [0.2, 0.25) is 0 Å². The smallest absolute Gasteiger partial charge is 0.323 e. The lowest BCUT2D eigenvalue weighted by Crippen LogP contribution is -2.37. The highest BCUT2D eigenvalue weighted by Crippen LogP contribution is 2.18. The van der Waals surface area contributed by atoms with E-state index in [9.17, 15) is 4.79 Å². The van der Waals surface area contributed by atoms with Gasteiger partial charge in [0.15, 0.2) is 0 Å². The van der Waals surface area contributed by atoms with E-state index in [1.54, 1.807) is 0 Å². The lowest BCUT2D eigenvalue weighted by Gasteiger charge is -2.21. The SMILES string of the molecule is C=CCN1CCC[C@H]1C(=O)OCc1ccccc1. The van der Waals surface area contributed by atoms with Gasteiger partial charge in [-0.1, -0.05) is 36.4 Å². The van der Waals surface area contributed by atoms with Crippen molar-refractivity contribution in [3.05, 3.63) is 48.6 Å². The van der Waals surface area contributed by atoms with Gasteiger partial charge in [0.2, 0.25) is 0 Å². The Bertz CT molecular complexity index is 402. The van der Waals surface area contributed by atoms with Gasteiger partial charge in [-0.2, -0.15) is 0 Å². The zero-order chi connectivity index (χ0) is 12.8. The summed E-state index contributed by atoms with van der Waals surface area (Å²) in [5.74, 6) is -0.113. The molecule has 0 saturated carbocycles. The molecule has 0 bridgehead atoms. The summed E-state index contributed by atoms with van der Waals surface area (Å²) in [4.78, 5) is 14.1. The summed E-state index contributed by atoms with van der Waals surface area (Å²) in [7, 11) is 0. The van der Waals surface area contributed by atoms with Crippen LogP contribution < -0.4 is 0 Å². The van der Waals surface area contributed by atoms with E-state index in [1.165, 1.54) is 0 Å². The van der Waals surface area contributed by atoms with Crippen LogP contribution >= 0.6 is 0 Å². The van der Waals surface area contributed by atoms with Crippen molar-refractivity contribution in [2.45, 2.75) is 25.5 Å². The van der Waals surface area contributed by atoms with E-state index >= 15 is 0 Å². The Hall–Kier alpha value is -1.61. The van der Waals surface area contributed by atoms with E-state index < -0.39 is 0 Å². The first-order chi connectivity index (χ1) is 8.81. The number of carbonyl (C=O) groups excluding carboxylic acids is 1. The molecule has 1 heterocycles. The summed E-state index contributed by atoms with van der Waals surface area (Å²) in [5.41, 5.74) is 1.03. The normalized spacial score (nSPS) is 19.7. The van der Waals surface area contributed by atoms with Gasteiger partial charge in [0.1, 0.15) is 12.6 Å². The molecule has 1 aromatic carbocycles. The van der Waals surface area contributed by atoms with Crippen molar-refractivity contribution in [2.75, 3.05) is 13.1 Å². The maximum absolute atomic E-state index is 12.0. The minimum atomic E-state index is -0.113. The van der Waals surface area contributed by atoms with Crippen LogP contribution in [0.1, 0.15) is 18.4 Å². The molecule has 1 saturated heterocycles. The Kier molecular flexibility index (Phi) is 4.53. The maximum atomic E-state index is 12.0. The summed E-state index contributed by atoms with van der Waals surface area (Å²) in [6, 6.07) is 9.68. The lowest BCUT2D eigenvalue weighted by molar-refractivity contribution is -0.150. The van der Waals surface area contributed by atoms with E-state index in [0.717, 1.165) is 31.5 Å². The van der Waals surface area contributed by atoms with Crippen molar-refractivity contribution in [2.24, 2.45) is 0 Å². The van der Waals surface area contributed by atoms with Crippen molar-refractivity contribution in [3.63, 3.8) is 0 Å². The van der Waals surface area contributed by atoms with Crippen LogP contribution in [0.15, 0.2) is 43.0 Å². The van der Waals surface area contributed by atoms with Gasteiger partial charge in [-0.05, 0) is 24.9 Å². The number of likely N-dealkylation sites (tertiary alicyclic amines) is 1. The van der Waals surface area contributed by atoms with Gasteiger partial charge in [-0.25, -0.2) is 0 Å². The molecule has 96 valence electrons. The van der Waals surface area contributed by atoms with Gasteiger partial charge in [0.05, 0.1) is 0 Å². The highest BCUT2D eigenvalue weighted by molar-refractivity contribution is 5.76. The van der Waals surface area contributed by atoms with Crippen LogP contribution in [0, 0.1) is 0 Å². The van der Waals surface area contributed by atoms with Crippen molar-refractivity contribution >= 4 is 5.97 Å². The number of esters is 1. The van der Waals surface area contributed by atoms with Crippen molar-refractivity contribution in [1.82, 2.24) is 4.90 Å². The van der Waals surface area contributed by atoms with Gasteiger partial charge < -0.3 is 4.74 Å². The molecule has 0 aliphatic carbocycles. The highest BCUT2D eigenvalue weighted by Gasteiger charge is 2.30. The summed E-state index contributed by atoms with van der Waals surface area (Å²) in [5, 5.41) is 0. The molecule has 0 radical (unpaired) electrons. The fourth-order valence-electron chi connectivity index (χ4n) is 2.30. The van der Waals surface area contributed by atoms with Crippen molar-refractivity contribution in [1.29, 1.82) is 0 Å². The van der Waals surface area contributed by atoms with E-state index in [2.05, 4.69) is 11.5 Å². The molecule has 1 fully saturated rings. The van der Waals surface area contributed by atoms with Gasteiger partial charge in [0, 0.05) is 6.54 Å². The van der Waals surface area contributed by atoms with Crippen LogP contribution in [0.5, 0.6) is 0 Å². The molecule has 1 aliphatic rings. The van der Waals surface area contributed by atoms with Crippen LogP contribution in [0.25, 0.3) is 0 Å². The fraction of sp³-hybridized carbons (Fsp3) is 0.400. The average Bonchev–Trinajstić information content (AvgIpc) is 2.86. The zero-order valence-electron chi connectivity index (χ0n) is 10.5. The zero-order valence-corrected chi connectivity index (χ0v) is 10.5.